The molecule has 154 valence electrons. The number of fused-ring (bicyclic) bond motifs is 2. The van der Waals surface area contributed by atoms with Gasteiger partial charge in [0.05, 0.1) is 10.2 Å². The predicted octanol–water partition coefficient (Wildman–Crippen LogP) is 3.43. The molecule has 0 radical (unpaired) electrons. The van der Waals surface area contributed by atoms with E-state index in [1.807, 2.05) is 42.5 Å². The third-order valence-corrected chi connectivity index (χ3v) is 6.94. The Balaban J connectivity index is 1.15. The number of nitrogens with zero attached hydrogens (tertiary/aromatic N) is 3. The maximum atomic E-state index is 12.6. The van der Waals surface area contributed by atoms with E-state index in [-0.39, 0.29) is 17.9 Å². The lowest BCUT2D eigenvalue weighted by Gasteiger charge is -2.33. The molecule has 2 aromatic carbocycles. The Labute approximate surface area is 179 Å². The summed E-state index contributed by atoms with van der Waals surface area (Å²) in [5.74, 6) is 0.0352. The van der Waals surface area contributed by atoms with Crippen molar-refractivity contribution in [2.45, 2.75) is 31.8 Å². The van der Waals surface area contributed by atoms with E-state index in [0.29, 0.717) is 19.5 Å². The fourth-order valence-corrected chi connectivity index (χ4v) is 5.30. The maximum absolute atomic E-state index is 12.6. The number of rotatable bonds is 5. The second kappa shape index (κ2) is 8.07. The lowest BCUT2D eigenvalue weighted by molar-refractivity contribution is -0.122. The SMILES string of the molecule is O=C(CCN1Cc2ccccc2C1=O)N[C@H]1CCCN(c2nc3ccccc3s2)C1. The van der Waals surface area contributed by atoms with Gasteiger partial charge in [0, 0.05) is 44.2 Å². The second-order valence-corrected chi connectivity index (χ2v) is 8.96. The molecule has 5 rings (SSSR count). The smallest absolute Gasteiger partial charge is 0.254 e. The quantitative estimate of drug-likeness (QED) is 0.687. The second-order valence-electron chi connectivity index (χ2n) is 7.95. The van der Waals surface area contributed by atoms with Crippen molar-refractivity contribution in [3.05, 3.63) is 59.7 Å². The van der Waals surface area contributed by atoms with Crippen LogP contribution in [0.3, 0.4) is 0 Å². The minimum Gasteiger partial charge on any atom is -0.352 e. The van der Waals surface area contributed by atoms with Gasteiger partial charge in [0.1, 0.15) is 0 Å². The van der Waals surface area contributed by atoms with Crippen LogP contribution < -0.4 is 10.2 Å². The van der Waals surface area contributed by atoms with Gasteiger partial charge in [-0.3, -0.25) is 9.59 Å². The van der Waals surface area contributed by atoms with Crippen molar-refractivity contribution in [1.29, 1.82) is 0 Å². The van der Waals surface area contributed by atoms with Gasteiger partial charge in [-0.1, -0.05) is 41.7 Å². The number of carbonyl (C=O) groups excluding carboxylic acids is 2. The lowest BCUT2D eigenvalue weighted by atomic mass is 10.1. The molecule has 2 amide bonds. The van der Waals surface area contributed by atoms with Crippen molar-refractivity contribution in [3.8, 4) is 0 Å². The van der Waals surface area contributed by atoms with Crippen LogP contribution in [0.15, 0.2) is 48.5 Å². The molecule has 1 saturated heterocycles. The fourth-order valence-electron chi connectivity index (χ4n) is 4.30. The molecule has 2 aliphatic heterocycles. The van der Waals surface area contributed by atoms with Crippen molar-refractivity contribution < 1.29 is 9.59 Å². The highest BCUT2D eigenvalue weighted by Gasteiger charge is 2.28. The minimum absolute atomic E-state index is 0.00917. The van der Waals surface area contributed by atoms with E-state index < -0.39 is 0 Å². The zero-order valence-electron chi connectivity index (χ0n) is 16.7. The van der Waals surface area contributed by atoms with Crippen LogP contribution in [0.4, 0.5) is 5.13 Å². The summed E-state index contributed by atoms with van der Waals surface area (Å²) in [6.07, 6.45) is 2.33. The van der Waals surface area contributed by atoms with E-state index in [1.54, 1.807) is 16.2 Å². The Kier molecular flexibility index (Phi) is 5.12. The molecule has 1 N–H and O–H groups in total. The molecule has 3 aromatic rings. The van der Waals surface area contributed by atoms with E-state index in [0.717, 1.165) is 47.7 Å². The van der Waals surface area contributed by atoms with E-state index in [1.165, 1.54) is 4.70 Å². The van der Waals surface area contributed by atoms with Gasteiger partial charge in [0.2, 0.25) is 5.91 Å². The molecule has 3 heterocycles. The number of hydrogen-bond acceptors (Lipinski definition) is 5. The van der Waals surface area contributed by atoms with Crippen LogP contribution in [0, 0.1) is 0 Å². The third-order valence-electron chi connectivity index (χ3n) is 5.84. The van der Waals surface area contributed by atoms with Crippen LogP contribution in [0.1, 0.15) is 35.2 Å². The Morgan fingerprint density at radius 2 is 2.00 bits per heavy atom. The van der Waals surface area contributed by atoms with Crippen molar-refractivity contribution in [1.82, 2.24) is 15.2 Å². The normalized spacial score (nSPS) is 18.7. The third kappa shape index (κ3) is 3.77. The topological polar surface area (TPSA) is 65.5 Å². The average Bonchev–Trinajstić information content (AvgIpc) is 3.34. The van der Waals surface area contributed by atoms with Gasteiger partial charge in [-0.05, 0) is 36.6 Å². The largest absolute Gasteiger partial charge is 0.352 e. The molecule has 0 unspecified atom stereocenters. The maximum Gasteiger partial charge on any atom is 0.254 e. The summed E-state index contributed by atoms with van der Waals surface area (Å²) in [5.41, 5.74) is 2.83. The number of carbonyl (C=O) groups is 2. The van der Waals surface area contributed by atoms with Gasteiger partial charge in [-0.15, -0.1) is 0 Å². The van der Waals surface area contributed by atoms with Crippen LogP contribution in [-0.4, -0.2) is 47.4 Å². The molecular formula is C23H24N4O2S. The zero-order chi connectivity index (χ0) is 20.5. The van der Waals surface area contributed by atoms with E-state index >= 15 is 0 Å². The summed E-state index contributed by atoms with van der Waals surface area (Å²) in [4.78, 5) is 33.8. The number of aromatic nitrogens is 1. The molecule has 0 spiro atoms. The van der Waals surface area contributed by atoms with E-state index in [2.05, 4.69) is 16.3 Å². The van der Waals surface area contributed by atoms with E-state index in [4.69, 9.17) is 4.98 Å². The van der Waals surface area contributed by atoms with Crippen LogP contribution in [0.25, 0.3) is 10.2 Å². The first-order valence-corrected chi connectivity index (χ1v) is 11.3. The van der Waals surface area contributed by atoms with Crippen molar-refractivity contribution >= 4 is 38.5 Å². The van der Waals surface area contributed by atoms with Gasteiger partial charge in [0.25, 0.3) is 5.91 Å². The number of hydrogen-bond donors (Lipinski definition) is 1. The predicted molar refractivity (Wildman–Crippen MR) is 119 cm³/mol. The Hall–Kier alpha value is -2.93. The Morgan fingerprint density at radius 1 is 1.17 bits per heavy atom. The summed E-state index contributed by atoms with van der Waals surface area (Å²) in [7, 11) is 0. The van der Waals surface area contributed by atoms with Crippen molar-refractivity contribution in [3.63, 3.8) is 0 Å². The molecule has 0 saturated carbocycles. The molecular weight excluding hydrogens is 396 g/mol. The van der Waals surface area contributed by atoms with Crippen LogP contribution in [-0.2, 0) is 11.3 Å². The Bertz CT molecular complexity index is 1060. The van der Waals surface area contributed by atoms with Crippen molar-refractivity contribution in [2.75, 3.05) is 24.5 Å². The summed E-state index contributed by atoms with van der Waals surface area (Å²) >= 11 is 1.70. The highest BCUT2D eigenvalue weighted by Crippen LogP contribution is 2.30. The summed E-state index contributed by atoms with van der Waals surface area (Å²) in [6, 6.07) is 16.0. The van der Waals surface area contributed by atoms with Crippen LogP contribution in [0.5, 0.6) is 0 Å². The number of thiazole rings is 1. The first-order chi connectivity index (χ1) is 14.7. The van der Waals surface area contributed by atoms with Gasteiger partial charge in [-0.25, -0.2) is 4.98 Å². The molecule has 0 aliphatic carbocycles. The number of anilines is 1. The van der Waals surface area contributed by atoms with Crippen molar-refractivity contribution in [2.24, 2.45) is 0 Å². The number of para-hydroxylation sites is 1. The van der Waals surface area contributed by atoms with Gasteiger partial charge < -0.3 is 15.1 Å². The summed E-state index contributed by atoms with van der Waals surface area (Å²) < 4.78 is 1.19. The number of amides is 2. The summed E-state index contributed by atoms with van der Waals surface area (Å²) in [5, 5.41) is 4.19. The molecule has 1 atom stereocenters. The standard InChI is InChI=1S/C23H24N4O2S/c28-21(11-13-26-14-16-6-1-2-8-18(16)22(26)29)24-17-7-5-12-27(15-17)23-25-19-9-3-4-10-20(19)30-23/h1-4,6,8-10,17H,5,7,11-15H2,(H,24,28)/t17-/m0/s1. The molecule has 6 nitrogen and oxygen atoms in total. The summed E-state index contributed by atoms with van der Waals surface area (Å²) in [6.45, 7) is 2.79. The lowest BCUT2D eigenvalue weighted by Crippen LogP contribution is -2.48. The molecule has 30 heavy (non-hydrogen) atoms. The first kappa shape index (κ1) is 19.1. The average molecular weight is 421 g/mol. The molecule has 2 aliphatic rings. The number of nitrogens with one attached hydrogen (secondary N) is 1. The Morgan fingerprint density at radius 3 is 2.87 bits per heavy atom. The molecule has 0 bridgehead atoms. The van der Waals surface area contributed by atoms with E-state index in [9.17, 15) is 9.59 Å². The zero-order valence-corrected chi connectivity index (χ0v) is 17.5. The highest BCUT2D eigenvalue weighted by molar-refractivity contribution is 7.22. The molecule has 7 heteroatoms. The molecule has 1 aromatic heterocycles. The monoisotopic (exact) mass is 420 g/mol. The highest BCUT2D eigenvalue weighted by atomic mass is 32.1. The first-order valence-electron chi connectivity index (χ1n) is 10.4. The minimum atomic E-state index is 0.00917. The number of piperidine rings is 1. The fraction of sp³-hybridized carbons (Fsp3) is 0.348. The van der Waals surface area contributed by atoms with Gasteiger partial charge in [0.15, 0.2) is 5.13 Å². The molecule has 1 fully saturated rings. The van der Waals surface area contributed by atoms with Gasteiger partial charge in [-0.2, -0.15) is 0 Å². The number of benzene rings is 2. The van der Waals surface area contributed by atoms with Crippen LogP contribution >= 0.6 is 11.3 Å². The van der Waals surface area contributed by atoms with Gasteiger partial charge >= 0.3 is 0 Å². The van der Waals surface area contributed by atoms with Crippen LogP contribution in [0.2, 0.25) is 0 Å².